The lowest BCUT2D eigenvalue weighted by molar-refractivity contribution is 0.213. The second-order valence-electron chi connectivity index (χ2n) is 4.30. The van der Waals surface area contributed by atoms with Crippen LogP contribution in [0.2, 0.25) is 0 Å². The average Bonchev–Trinajstić information content (AvgIpc) is 2.88. The fourth-order valence-corrected chi connectivity index (χ4v) is 2.51. The summed E-state index contributed by atoms with van der Waals surface area (Å²) in [6.07, 6.45) is 12.4. The van der Waals surface area contributed by atoms with E-state index in [-0.39, 0.29) is 0 Å². The number of aliphatic hydroxyl groups is 1. The van der Waals surface area contributed by atoms with Gasteiger partial charge in [-0.25, -0.2) is 0 Å². The molecule has 0 aliphatic heterocycles. The molecular weight excluding hydrogens is 148 g/mol. The van der Waals surface area contributed by atoms with E-state index in [1.54, 1.807) is 0 Å². The third kappa shape index (κ3) is 1.42. The second-order valence-corrected chi connectivity index (χ2v) is 4.30. The smallest absolute Gasteiger partial charge is 0.0436 e. The molecule has 1 heteroatoms. The van der Waals surface area contributed by atoms with E-state index in [1.165, 1.54) is 32.1 Å². The lowest BCUT2D eigenvalue weighted by Crippen LogP contribution is -2.17. The minimum absolute atomic E-state index is 0.379. The Morgan fingerprint density at radius 1 is 1.42 bits per heavy atom. The Labute approximate surface area is 74.5 Å². The third-order valence-electron chi connectivity index (χ3n) is 3.54. The van der Waals surface area contributed by atoms with E-state index in [0.29, 0.717) is 12.0 Å². The van der Waals surface area contributed by atoms with E-state index in [2.05, 4.69) is 12.2 Å². The van der Waals surface area contributed by atoms with Crippen LogP contribution in [0, 0.1) is 11.3 Å². The normalized spacial score (nSPS) is 31.9. The molecule has 0 saturated heterocycles. The van der Waals surface area contributed by atoms with Crippen LogP contribution in [-0.4, -0.2) is 11.7 Å². The number of rotatable bonds is 3. The van der Waals surface area contributed by atoms with Crippen LogP contribution in [0.1, 0.15) is 38.5 Å². The van der Waals surface area contributed by atoms with Crippen molar-refractivity contribution in [2.24, 2.45) is 11.3 Å². The predicted molar refractivity (Wildman–Crippen MR) is 49.9 cm³/mol. The summed E-state index contributed by atoms with van der Waals surface area (Å²) in [6, 6.07) is 0. The van der Waals surface area contributed by atoms with Crippen molar-refractivity contribution in [1.82, 2.24) is 0 Å². The monoisotopic (exact) mass is 166 g/mol. The van der Waals surface area contributed by atoms with E-state index in [1.807, 2.05) is 0 Å². The van der Waals surface area contributed by atoms with Crippen molar-refractivity contribution in [3.63, 3.8) is 0 Å². The molecule has 0 radical (unpaired) electrons. The summed E-state index contributed by atoms with van der Waals surface area (Å²) in [5, 5.41) is 8.95. The Morgan fingerprint density at radius 2 is 2.25 bits per heavy atom. The number of aliphatic hydroxyl groups excluding tert-OH is 1. The topological polar surface area (TPSA) is 20.2 Å². The molecule has 2 rings (SSSR count). The zero-order valence-corrected chi connectivity index (χ0v) is 7.63. The fraction of sp³-hybridized carbons (Fsp3) is 0.818. The molecule has 68 valence electrons. The molecular formula is C11H18O. The Morgan fingerprint density at radius 3 is 2.75 bits per heavy atom. The molecule has 1 saturated carbocycles. The molecule has 1 atom stereocenters. The minimum atomic E-state index is 0.379. The maximum absolute atomic E-state index is 8.95. The highest BCUT2D eigenvalue weighted by molar-refractivity contribution is 5.08. The summed E-state index contributed by atoms with van der Waals surface area (Å²) < 4.78 is 0. The van der Waals surface area contributed by atoms with Crippen LogP contribution in [0.25, 0.3) is 0 Å². The first-order chi connectivity index (χ1) is 5.87. The molecule has 2 aliphatic carbocycles. The zero-order valence-electron chi connectivity index (χ0n) is 7.63. The van der Waals surface area contributed by atoms with Crippen molar-refractivity contribution in [3.8, 4) is 0 Å². The van der Waals surface area contributed by atoms with E-state index >= 15 is 0 Å². The zero-order chi connectivity index (χ0) is 8.44. The molecule has 0 heterocycles. The molecule has 0 amide bonds. The largest absolute Gasteiger partial charge is 0.396 e. The van der Waals surface area contributed by atoms with Gasteiger partial charge in [0.15, 0.2) is 0 Å². The quantitative estimate of drug-likeness (QED) is 0.639. The lowest BCUT2D eigenvalue weighted by Gasteiger charge is -2.25. The number of hydrogen-bond donors (Lipinski definition) is 1. The standard InChI is InChI=1S/C11H18O/c12-9-8-11(6-7-11)10-4-2-1-3-5-10/h2,4,10,12H,1,3,5-9H2/t10-/m0/s1. The summed E-state index contributed by atoms with van der Waals surface area (Å²) in [5.74, 6) is 0.790. The van der Waals surface area contributed by atoms with E-state index < -0.39 is 0 Å². The molecule has 1 N–H and O–H groups in total. The molecule has 12 heavy (non-hydrogen) atoms. The van der Waals surface area contributed by atoms with Crippen molar-refractivity contribution in [1.29, 1.82) is 0 Å². The highest BCUT2D eigenvalue weighted by Gasteiger charge is 2.47. The van der Waals surface area contributed by atoms with Gasteiger partial charge in [0.05, 0.1) is 0 Å². The van der Waals surface area contributed by atoms with Crippen molar-refractivity contribution in [3.05, 3.63) is 12.2 Å². The van der Waals surface area contributed by atoms with Crippen molar-refractivity contribution >= 4 is 0 Å². The summed E-state index contributed by atoms with van der Waals surface area (Å²) in [6.45, 7) is 0.379. The molecule has 0 aromatic heterocycles. The molecule has 0 bridgehead atoms. The third-order valence-corrected chi connectivity index (χ3v) is 3.54. The summed E-state index contributed by atoms with van der Waals surface area (Å²) >= 11 is 0. The van der Waals surface area contributed by atoms with Crippen molar-refractivity contribution in [2.45, 2.75) is 38.5 Å². The Bertz CT molecular complexity index is 179. The number of hydrogen-bond acceptors (Lipinski definition) is 1. The van der Waals surface area contributed by atoms with Crippen LogP contribution >= 0.6 is 0 Å². The maximum Gasteiger partial charge on any atom is 0.0436 e. The molecule has 0 aromatic rings. The van der Waals surface area contributed by atoms with Gasteiger partial charge in [-0.3, -0.25) is 0 Å². The highest BCUT2D eigenvalue weighted by Crippen LogP contribution is 2.57. The van der Waals surface area contributed by atoms with Crippen molar-refractivity contribution in [2.75, 3.05) is 6.61 Å². The highest BCUT2D eigenvalue weighted by atomic mass is 16.3. The van der Waals surface area contributed by atoms with Crippen LogP contribution in [-0.2, 0) is 0 Å². The Kier molecular flexibility index (Phi) is 2.22. The molecule has 0 unspecified atom stereocenters. The van der Waals surface area contributed by atoms with Crippen LogP contribution in [0.3, 0.4) is 0 Å². The summed E-state index contributed by atoms with van der Waals surface area (Å²) in [5.41, 5.74) is 0.533. The molecule has 1 nitrogen and oxygen atoms in total. The average molecular weight is 166 g/mol. The van der Waals surface area contributed by atoms with Crippen LogP contribution < -0.4 is 0 Å². The first kappa shape index (κ1) is 8.31. The molecule has 1 fully saturated rings. The Balaban J connectivity index is 1.97. The van der Waals surface area contributed by atoms with E-state index in [9.17, 15) is 0 Å². The predicted octanol–water partition coefficient (Wildman–Crippen LogP) is 2.51. The van der Waals surface area contributed by atoms with Gasteiger partial charge >= 0.3 is 0 Å². The van der Waals surface area contributed by atoms with E-state index in [0.717, 1.165) is 12.3 Å². The van der Waals surface area contributed by atoms with Gasteiger partial charge < -0.3 is 5.11 Å². The minimum Gasteiger partial charge on any atom is -0.396 e. The van der Waals surface area contributed by atoms with Gasteiger partial charge in [-0.2, -0.15) is 0 Å². The van der Waals surface area contributed by atoms with Crippen LogP contribution in [0.4, 0.5) is 0 Å². The van der Waals surface area contributed by atoms with Crippen LogP contribution in [0.5, 0.6) is 0 Å². The van der Waals surface area contributed by atoms with Gasteiger partial charge in [0, 0.05) is 6.61 Å². The van der Waals surface area contributed by atoms with Gasteiger partial charge in [-0.15, -0.1) is 0 Å². The maximum atomic E-state index is 8.95. The molecule has 0 spiro atoms. The molecule has 0 aromatic carbocycles. The Hall–Kier alpha value is -0.300. The SMILES string of the molecule is OCCC1([C@H]2C=CCCC2)CC1. The summed E-state index contributed by atoms with van der Waals surface area (Å²) in [4.78, 5) is 0. The lowest BCUT2D eigenvalue weighted by atomic mass is 9.80. The van der Waals surface area contributed by atoms with Gasteiger partial charge in [0.1, 0.15) is 0 Å². The fourth-order valence-electron chi connectivity index (χ4n) is 2.51. The first-order valence-corrected chi connectivity index (χ1v) is 5.15. The summed E-state index contributed by atoms with van der Waals surface area (Å²) in [7, 11) is 0. The van der Waals surface area contributed by atoms with Crippen molar-refractivity contribution < 1.29 is 5.11 Å². The van der Waals surface area contributed by atoms with Gasteiger partial charge in [0.2, 0.25) is 0 Å². The van der Waals surface area contributed by atoms with E-state index in [4.69, 9.17) is 5.11 Å². The number of allylic oxidation sites excluding steroid dienone is 2. The van der Waals surface area contributed by atoms with Crippen LogP contribution in [0.15, 0.2) is 12.2 Å². The van der Waals surface area contributed by atoms with Gasteiger partial charge in [-0.05, 0) is 49.9 Å². The van der Waals surface area contributed by atoms with Gasteiger partial charge in [-0.1, -0.05) is 12.2 Å². The van der Waals surface area contributed by atoms with Gasteiger partial charge in [0.25, 0.3) is 0 Å². The first-order valence-electron chi connectivity index (χ1n) is 5.15. The second kappa shape index (κ2) is 3.21. The molecule has 2 aliphatic rings.